The molecular weight excluding hydrogens is 473 g/mol. The first kappa shape index (κ1) is 23.7. The summed E-state index contributed by atoms with van der Waals surface area (Å²) in [7, 11) is 0. The Morgan fingerprint density at radius 3 is 2.63 bits per heavy atom. The molecule has 3 heterocycles. The Morgan fingerprint density at radius 2 is 1.91 bits per heavy atom. The Morgan fingerprint density at radius 1 is 1.17 bits per heavy atom. The maximum absolute atomic E-state index is 14.8. The number of nitrogens with one attached hydrogen (secondary N) is 2. The quantitative estimate of drug-likeness (QED) is 0.455. The lowest BCUT2D eigenvalue weighted by Gasteiger charge is -2.29. The van der Waals surface area contributed by atoms with Crippen molar-refractivity contribution >= 4 is 46.3 Å². The van der Waals surface area contributed by atoms with E-state index in [9.17, 15) is 9.18 Å². The minimum absolute atomic E-state index is 0.0199. The highest BCUT2D eigenvalue weighted by atomic mass is 35.5. The summed E-state index contributed by atoms with van der Waals surface area (Å²) in [4.78, 5) is 25.7. The number of amides is 1. The molecule has 0 unspecified atom stereocenters. The van der Waals surface area contributed by atoms with Crippen LogP contribution in [-0.4, -0.2) is 44.7 Å². The summed E-state index contributed by atoms with van der Waals surface area (Å²) < 4.78 is 22.2. The number of halogens is 2. The summed E-state index contributed by atoms with van der Waals surface area (Å²) in [5, 5.41) is 7.03. The van der Waals surface area contributed by atoms with Crippen LogP contribution in [0.1, 0.15) is 50.1 Å². The summed E-state index contributed by atoms with van der Waals surface area (Å²) in [5.41, 5.74) is 7.66. The topological polar surface area (TPSA) is 120 Å². The van der Waals surface area contributed by atoms with Crippen LogP contribution >= 0.6 is 11.6 Å². The Labute approximate surface area is 207 Å². The van der Waals surface area contributed by atoms with Gasteiger partial charge in [0.25, 0.3) is 0 Å². The van der Waals surface area contributed by atoms with Crippen molar-refractivity contribution < 1.29 is 13.9 Å². The lowest BCUT2D eigenvalue weighted by Crippen LogP contribution is -2.29. The summed E-state index contributed by atoms with van der Waals surface area (Å²) in [6.07, 6.45) is 6.29. The molecule has 1 saturated carbocycles. The molecule has 3 aromatic rings. The van der Waals surface area contributed by atoms with Gasteiger partial charge < -0.3 is 21.1 Å². The summed E-state index contributed by atoms with van der Waals surface area (Å²) in [6, 6.07) is 3.12. The number of ether oxygens (including phenoxy) is 1. The van der Waals surface area contributed by atoms with Crippen molar-refractivity contribution in [2.24, 2.45) is 11.7 Å². The van der Waals surface area contributed by atoms with Crippen LogP contribution in [0.3, 0.4) is 0 Å². The van der Waals surface area contributed by atoms with E-state index in [1.165, 1.54) is 12.1 Å². The highest BCUT2D eigenvalue weighted by Gasteiger charge is 2.29. The number of benzene rings is 1. The number of primary amides is 1. The van der Waals surface area contributed by atoms with Crippen molar-refractivity contribution in [3.05, 3.63) is 34.7 Å². The second-order valence-electron chi connectivity index (χ2n) is 9.30. The van der Waals surface area contributed by atoms with E-state index in [1.807, 2.05) is 4.57 Å². The van der Waals surface area contributed by atoms with Gasteiger partial charge in [-0.05, 0) is 63.1 Å². The largest absolute Gasteiger partial charge is 0.381 e. The predicted octanol–water partition coefficient (Wildman–Crippen LogP) is 4.48. The van der Waals surface area contributed by atoms with Gasteiger partial charge in [0.15, 0.2) is 5.65 Å². The molecule has 0 radical (unpaired) electrons. The number of carbonyl (C=O) groups is 1. The first-order valence-electron chi connectivity index (χ1n) is 12.0. The van der Waals surface area contributed by atoms with E-state index >= 15 is 0 Å². The van der Waals surface area contributed by atoms with Gasteiger partial charge in [0.05, 0.1) is 11.9 Å². The number of hydrogen-bond acceptors (Lipinski definition) is 7. The Kier molecular flexibility index (Phi) is 6.75. The van der Waals surface area contributed by atoms with E-state index in [0.29, 0.717) is 59.7 Å². The fourth-order valence-electron chi connectivity index (χ4n) is 4.96. The zero-order valence-electron chi connectivity index (χ0n) is 19.6. The van der Waals surface area contributed by atoms with Crippen LogP contribution in [0.25, 0.3) is 11.2 Å². The molecule has 2 aromatic heterocycles. The number of aromatic nitrogens is 4. The smallest absolute Gasteiger partial charge is 0.224 e. The molecule has 0 atom stereocenters. The van der Waals surface area contributed by atoms with E-state index in [1.54, 1.807) is 13.1 Å². The van der Waals surface area contributed by atoms with Gasteiger partial charge in [-0.1, -0.05) is 11.6 Å². The van der Waals surface area contributed by atoms with Gasteiger partial charge in [0.2, 0.25) is 17.8 Å². The van der Waals surface area contributed by atoms with Crippen molar-refractivity contribution in [1.82, 2.24) is 19.5 Å². The van der Waals surface area contributed by atoms with Gasteiger partial charge in [-0.3, -0.25) is 9.36 Å². The molecule has 9 nitrogen and oxygen atoms in total. The molecule has 2 fully saturated rings. The maximum atomic E-state index is 14.8. The summed E-state index contributed by atoms with van der Waals surface area (Å²) in [6.45, 7) is 3.17. The van der Waals surface area contributed by atoms with Crippen molar-refractivity contribution in [3.8, 4) is 0 Å². The molecule has 1 saturated heterocycles. The highest BCUT2D eigenvalue weighted by molar-refractivity contribution is 6.31. The normalized spacial score (nSPS) is 21.2. The Balaban J connectivity index is 1.53. The maximum Gasteiger partial charge on any atom is 0.224 e. The van der Waals surface area contributed by atoms with Gasteiger partial charge in [0.1, 0.15) is 11.3 Å². The second kappa shape index (κ2) is 9.94. The highest BCUT2D eigenvalue weighted by Crippen LogP contribution is 2.38. The second-order valence-corrected chi connectivity index (χ2v) is 9.71. The zero-order valence-corrected chi connectivity index (χ0v) is 20.3. The van der Waals surface area contributed by atoms with E-state index in [2.05, 4.69) is 15.6 Å². The molecule has 4 N–H and O–H groups in total. The first-order valence-corrected chi connectivity index (χ1v) is 12.4. The third-order valence-corrected chi connectivity index (χ3v) is 7.45. The zero-order chi connectivity index (χ0) is 24.5. The Hall–Kier alpha value is -2.98. The number of nitrogens with two attached hydrogens (primary N) is 1. The van der Waals surface area contributed by atoms with Crippen LogP contribution in [0.2, 0.25) is 5.02 Å². The standard InChI is InChI=1S/C24H29ClFN7O2/c1-13-17(25)6-7-18(26)20(13)31-24-30-19-12-28-23(29-15-8-10-35-11-9-15)32-22(19)33(24)16-4-2-14(3-5-16)21(27)34/h6-7,12,14-16H,2-5,8-11H2,1H3,(H2,27,34)(H,30,31)(H,28,29,32). The van der Waals surface area contributed by atoms with Crippen molar-refractivity contribution in [3.63, 3.8) is 0 Å². The molecular formula is C24H29ClFN7O2. The van der Waals surface area contributed by atoms with E-state index in [4.69, 9.17) is 32.0 Å². The molecule has 1 aliphatic carbocycles. The lowest BCUT2D eigenvalue weighted by atomic mass is 9.85. The third-order valence-electron chi connectivity index (χ3n) is 7.04. The first-order chi connectivity index (χ1) is 16.9. The lowest BCUT2D eigenvalue weighted by molar-refractivity contribution is -0.122. The molecule has 0 bridgehead atoms. The number of carbonyl (C=O) groups excluding carboxylic acids is 1. The molecule has 0 spiro atoms. The molecule has 11 heteroatoms. The van der Waals surface area contributed by atoms with Crippen molar-refractivity contribution in [1.29, 1.82) is 0 Å². The molecule has 1 aromatic carbocycles. The number of nitrogens with zero attached hydrogens (tertiary/aromatic N) is 4. The van der Waals surface area contributed by atoms with E-state index in [-0.39, 0.29) is 29.6 Å². The monoisotopic (exact) mass is 501 g/mol. The van der Waals surface area contributed by atoms with Crippen LogP contribution < -0.4 is 16.4 Å². The van der Waals surface area contributed by atoms with Gasteiger partial charge in [-0.25, -0.2) is 14.4 Å². The number of anilines is 3. The van der Waals surface area contributed by atoms with Crippen LogP contribution in [0.4, 0.5) is 22.0 Å². The number of rotatable bonds is 6. The number of fused-ring (bicyclic) bond motifs is 1. The fourth-order valence-corrected chi connectivity index (χ4v) is 5.11. The van der Waals surface area contributed by atoms with Crippen molar-refractivity contribution in [2.75, 3.05) is 23.8 Å². The van der Waals surface area contributed by atoms with Crippen LogP contribution in [0.5, 0.6) is 0 Å². The van der Waals surface area contributed by atoms with E-state index < -0.39 is 5.82 Å². The van der Waals surface area contributed by atoms with Gasteiger partial charge in [-0.15, -0.1) is 0 Å². The summed E-state index contributed by atoms with van der Waals surface area (Å²) >= 11 is 6.26. The SMILES string of the molecule is Cc1c(Cl)ccc(F)c1Nc1nc2cnc(NC3CCOCC3)nc2n1C1CCC(C(N)=O)CC1. The molecule has 1 amide bonds. The van der Waals surface area contributed by atoms with Crippen LogP contribution in [0, 0.1) is 18.7 Å². The van der Waals surface area contributed by atoms with Crippen LogP contribution in [-0.2, 0) is 9.53 Å². The minimum Gasteiger partial charge on any atom is -0.381 e. The molecule has 1 aliphatic heterocycles. The van der Waals surface area contributed by atoms with E-state index in [0.717, 1.165) is 25.7 Å². The molecule has 35 heavy (non-hydrogen) atoms. The van der Waals surface area contributed by atoms with Crippen molar-refractivity contribution in [2.45, 2.75) is 57.5 Å². The predicted molar refractivity (Wildman–Crippen MR) is 132 cm³/mol. The molecule has 5 rings (SSSR count). The summed E-state index contributed by atoms with van der Waals surface area (Å²) in [5.74, 6) is 0.165. The Bertz CT molecular complexity index is 1240. The molecule has 2 aliphatic rings. The fraction of sp³-hybridized carbons (Fsp3) is 0.500. The van der Waals surface area contributed by atoms with Gasteiger partial charge >= 0.3 is 0 Å². The third kappa shape index (κ3) is 4.90. The average molecular weight is 502 g/mol. The number of imidazole rings is 1. The molecule has 186 valence electrons. The minimum atomic E-state index is -0.420. The van der Waals surface area contributed by atoms with Gasteiger partial charge in [-0.2, -0.15) is 4.98 Å². The van der Waals surface area contributed by atoms with Gasteiger partial charge in [0, 0.05) is 36.2 Å². The van der Waals surface area contributed by atoms with Crippen LogP contribution in [0.15, 0.2) is 18.3 Å². The number of hydrogen-bond donors (Lipinski definition) is 3. The average Bonchev–Trinajstić information content (AvgIpc) is 3.22.